The summed E-state index contributed by atoms with van der Waals surface area (Å²) in [5.74, 6) is -0.00896. The summed E-state index contributed by atoms with van der Waals surface area (Å²) < 4.78 is 0. The highest BCUT2D eigenvalue weighted by molar-refractivity contribution is 5.78. The molecule has 2 rings (SSSR count). The summed E-state index contributed by atoms with van der Waals surface area (Å²) in [6.45, 7) is 0.732. The summed E-state index contributed by atoms with van der Waals surface area (Å²) in [5.41, 5.74) is 7.19. The van der Waals surface area contributed by atoms with Crippen molar-refractivity contribution in [1.82, 2.24) is 5.32 Å². The highest BCUT2D eigenvalue weighted by Gasteiger charge is 2.33. The molecule has 0 saturated heterocycles. The van der Waals surface area contributed by atoms with E-state index in [4.69, 9.17) is 5.73 Å². The summed E-state index contributed by atoms with van der Waals surface area (Å²) >= 11 is 0. The fourth-order valence-corrected chi connectivity index (χ4v) is 2.75. The fourth-order valence-electron chi connectivity index (χ4n) is 2.75. The molecule has 0 aromatic heterocycles. The van der Waals surface area contributed by atoms with Crippen LogP contribution in [0.1, 0.15) is 31.2 Å². The van der Waals surface area contributed by atoms with Gasteiger partial charge < -0.3 is 16.2 Å². The Kier molecular flexibility index (Phi) is 4.43. The van der Waals surface area contributed by atoms with Gasteiger partial charge in [0.05, 0.1) is 13.0 Å². The van der Waals surface area contributed by atoms with E-state index < -0.39 is 0 Å². The van der Waals surface area contributed by atoms with Gasteiger partial charge in [0.25, 0.3) is 0 Å². The van der Waals surface area contributed by atoms with Crippen LogP contribution in [-0.4, -0.2) is 24.2 Å². The Morgan fingerprint density at radius 3 is 2.74 bits per heavy atom. The molecule has 4 heteroatoms. The predicted octanol–water partition coefficient (Wildman–Crippen LogP) is 1.48. The molecule has 0 spiro atoms. The van der Waals surface area contributed by atoms with Crippen LogP contribution in [0.15, 0.2) is 24.3 Å². The third-order valence-electron chi connectivity index (χ3n) is 3.98. The Morgan fingerprint density at radius 1 is 1.37 bits per heavy atom. The van der Waals surface area contributed by atoms with Crippen molar-refractivity contribution in [2.24, 2.45) is 5.41 Å². The molecule has 19 heavy (non-hydrogen) atoms. The van der Waals surface area contributed by atoms with E-state index in [1.807, 2.05) is 18.2 Å². The molecule has 0 heterocycles. The molecule has 1 aromatic rings. The molecule has 1 aliphatic rings. The van der Waals surface area contributed by atoms with E-state index in [0.717, 1.165) is 31.2 Å². The molecule has 4 nitrogen and oxygen atoms in total. The highest BCUT2D eigenvalue weighted by atomic mass is 16.3. The van der Waals surface area contributed by atoms with Gasteiger partial charge in [-0.05, 0) is 30.5 Å². The maximum absolute atomic E-state index is 11.9. The van der Waals surface area contributed by atoms with E-state index in [1.165, 1.54) is 0 Å². The summed E-state index contributed by atoms with van der Waals surface area (Å²) in [6, 6.07) is 7.37. The minimum atomic E-state index is -0.0919. The Bertz CT molecular complexity index is 440. The largest absolute Gasteiger partial charge is 0.399 e. The first-order valence-corrected chi connectivity index (χ1v) is 6.86. The lowest BCUT2D eigenvalue weighted by molar-refractivity contribution is -0.121. The smallest absolute Gasteiger partial charge is 0.224 e. The van der Waals surface area contributed by atoms with Gasteiger partial charge in [0, 0.05) is 17.6 Å². The van der Waals surface area contributed by atoms with Crippen LogP contribution in [0.4, 0.5) is 5.69 Å². The number of hydrogen-bond acceptors (Lipinski definition) is 3. The zero-order chi connectivity index (χ0) is 13.7. The highest BCUT2D eigenvalue weighted by Crippen LogP contribution is 2.36. The monoisotopic (exact) mass is 262 g/mol. The Hall–Kier alpha value is -1.55. The average Bonchev–Trinajstić information content (AvgIpc) is 2.86. The Labute approximate surface area is 114 Å². The van der Waals surface area contributed by atoms with Crippen LogP contribution in [0.25, 0.3) is 0 Å². The third kappa shape index (κ3) is 3.70. The van der Waals surface area contributed by atoms with Gasteiger partial charge in [-0.25, -0.2) is 0 Å². The van der Waals surface area contributed by atoms with Gasteiger partial charge in [-0.3, -0.25) is 4.79 Å². The first kappa shape index (κ1) is 13.9. The zero-order valence-corrected chi connectivity index (χ0v) is 11.2. The van der Waals surface area contributed by atoms with Crippen molar-refractivity contribution < 1.29 is 9.90 Å². The van der Waals surface area contributed by atoms with Crippen LogP contribution in [0, 0.1) is 5.41 Å². The third-order valence-corrected chi connectivity index (χ3v) is 3.98. The zero-order valence-electron chi connectivity index (χ0n) is 11.2. The first-order chi connectivity index (χ1) is 9.13. The number of benzene rings is 1. The van der Waals surface area contributed by atoms with E-state index in [9.17, 15) is 9.90 Å². The molecule has 0 bridgehead atoms. The molecule has 1 amide bonds. The molecule has 1 saturated carbocycles. The molecule has 4 N–H and O–H groups in total. The van der Waals surface area contributed by atoms with Crippen molar-refractivity contribution in [1.29, 1.82) is 0 Å². The Morgan fingerprint density at radius 2 is 2.11 bits per heavy atom. The molecule has 1 aliphatic carbocycles. The SMILES string of the molecule is Nc1cccc(CC(=O)NCC2(CO)CCCC2)c1. The number of amides is 1. The van der Waals surface area contributed by atoms with Gasteiger partial charge in [-0.1, -0.05) is 25.0 Å². The van der Waals surface area contributed by atoms with Gasteiger partial charge in [-0.2, -0.15) is 0 Å². The molecule has 0 aliphatic heterocycles. The maximum atomic E-state index is 11.9. The average molecular weight is 262 g/mol. The van der Waals surface area contributed by atoms with Crippen LogP contribution in [-0.2, 0) is 11.2 Å². The number of nitrogens with two attached hydrogens (primary N) is 1. The van der Waals surface area contributed by atoms with Crippen molar-refractivity contribution in [2.45, 2.75) is 32.1 Å². The number of carbonyl (C=O) groups excluding carboxylic acids is 1. The van der Waals surface area contributed by atoms with Crippen LogP contribution >= 0.6 is 0 Å². The van der Waals surface area contributed by atoms with Crippen molar-refractivity contribution in [3.05, 3.63) is 29.8 Å². The lowest BCUT2D eigenvalue weighted by atomic mass is 9.87. The topological polar surface area (TPSA) is 75.4 Å². The maximum Gasteiger partial charge on any atom is 0.224 e. The number of aliphatic hydroxyl groups is 1. The number of rotatable bonds is 5. The minimum absolute atomic E-state index is 0.00896. The standard InChI is InChI=1S/C15H22N2O2/c16-13-5-3-4-12(8-13)9-14(19)17-10-15(11-18)6-1-2-7-15/h3-5,8,18H,1-2,6-7,9-11,16H2,(H,17,19). The normalized spacial score (nSPS) is 17.3. The molecule has 1 fully saturated rings. The van der Waals surface area contributed by atoms with Crippen molar-refractivity contribution in [3.63, 3.8) is 0 Å². The minimum Gasteiger partial charge on any atom is -0.399 e. The summed E-state index contributed by atoms with van der Waals surface area (Å²) in [6.07, 6.45) is 4.63. The van der Waals surface area contributed by atoms with Crippen molar-refractivity contribution in [2.75, 3.05) is 18.9 Å². The lowest BCUT2D eigenvalue weighted by Crippen LogP contribution is -2.38. The van der Waals surface area contributed by atoms with Gasteiger partial charge in [-0.15, -0.1) is 0 Å². The van der Waals surface area contributed by atoms with E-state index in [1.54, 1.807) is 6.07 Å². The summed E-state index contributed by atoms with van der Waals surface area (Å²) in [7, 11) is 0. The number of aliphatic hydroxyl groups excluding tert-OH is 1. The summed E-state index contributed by atoms with van der Waals surface area (Å²) in [4.78, 5) is 11.9. The second kappa shape index (κ2) is 6.06. The molecule has 0 radical (unpaired) electrons. The molecular formula is C15H22N2O2. The number of nitrogen functional groups attached to an aromatic ring is 1. The first-order valence-electron chi connectivity index (χ1n) is 6.86. The molecular weight excluding hydrogens is 240 g/mol. The number of hydrogen-bond donors (Lipinski definition) is 3. The number of anilines is 1. The lowest BCUT2D eigenvalue weighted by Gasteiger charge is -2.26. The second-order valence-electron chi connectivity index (χ2n) is 5.56. The Balaban J connectivity index is 1.84. The molecule has 0 unspecified atom stereocenters. The fraction of sp³-hybridized carbons (Fsp3) is 0.533. The van der Waals surface area contributed by atoms with Crippen LogP contribution in [0.5, 0.6) is 0 Å². The number of carbonyl (C=O) groups is 1. The van der Waals surface area contributed by atoms with Gasteiger partial charge in [0.1, 0.15) is 0 Å². The van der Waals surface area contributed by atoms with Gasteiger partial charge >= 0.3 is 0 Å². The van der Waals surface area contributed by atoms with Crippen LogP contribution < -0.4 is 11.1 Å². The van der Waals surface area contributed by atoms with Crippen molar-refractivity contribution >= 4 is 11.6 Å². The van der Waals surface area contributed by atoms with E-state index in [2.05, 4.69) is 5.32 Å². The second-order valence-corrected chi connectivity index (χ2v) is 5.56. The summed E-state index contributed by atoms with van der Waals surface area (Å²) in [5, 5.41) is 12.4. The van der Waals surface area contributed by atoms with Crippen LogP contribution in [0.3, 0.4) is 0 Å². The van der Waals surface area contributed by atoms with E-state index >= 15 is 0 Å². The van der Waals surface area contributed by atoms with E-state index in [0.29, 0.717) is 18.7 Å². The predicted molar refractivity (Wildman–Crippen MR) is 75.6 cm³/mol. The molecule has 1 aromatic carbocycles. The van der Waals surface area contributed by atoms with E-state index in [-0.39, 0.29) is 17.9 Å². The van der Waals surface area contributed by atoms with Crippen molar-refractivity contribution in [3.8, 4) is 0 Å². The quantitative estimate of drug-likeness (QED) is 0.704. The van der Waals surface area contributed by atoms with Gasteiger partial charge in [0.15, 0.2) is 0 Å². The molecule has 104 valence electrons. The number of nitrogens with one attached hydrogen (secondary N) is 1. The van der Waals surface area contributed by atoms with Gasteiger partial charge in [0.2, 0.25) is 5.91 Å². The molecule has 0 atom stereocenters. The van der Waals surface area contributed by atoms with Crippen LogP contribution in [0.2, 0.25) is 0 Å².